The molecule has 3 nitrogen and oxygen atoms in total. The molecule has 0 N–H and O–H groups in total. The minimum absolute atomic E-state index is 0.0266. The average molecular weight is 139 g/mol. The van der Waals surface area contributed by atoms with E-state index in [1.165, 1.54) is 0 Å². The highest BCUT2D eigenvalue weighted by molar-refractivity contribution is 5.88. The molecule has 0 rings (SSSR count). The number of ether oxygens (including phenoxy) is 1. The highest BCUT2D eigenvalue weighted by Crippen LogP contribution is 1.94. The van der Waals surface area contributed by atoms with Gasteiger partial charge in [0.1, 0.15) is 5.57 Å². The van der Waals surface area contributed by atoms with E-state index in [2.05, 4.69) is 16.2 Å². The quantitative estimate of drug-likeness (QED) is 0.332. The lowest BCUT2D eigenvalue weighted by atomic mass is 10.3. The first-order valence-corrected chi connectivity index (χ1v) is 2.90. The van der Waals surface area contributed by atoms with E-state index in [4.69, 9.17) is 6.57 Å². The Morgan fingerprint density at radius 1 is 1.80 bits per heavy atom. The predicted octanol–water partition coefficient (Wildman–Crippen LogP) is 1.02. The van der Waals surface area contributed by atoms with Crippen LogP contribution in [0.2, 0.25) is 0 Å². The zero-order valence-corrected chi connectivity index (χ0v) is 5.89. The van der Waals surface area contributed by atoms with E-state index in [1.54, 1.807) is 6.92 Å². The second-order valence-electron chi connectivity index (χ2n) is 1.64. The van der Waals surface area contributed by atoms with Crippen molar-refractivity contribution in [2.45, 2.75) is 6.92 Å². The molecule has 0 radical (unpaired) electrons. The molecule has 0 fully saturated rings. The van der Waals surface area contributed by atoms with Gasteiger partial charge in [0.05, 0.1) is 6.61 Å². The van der Waals surface area contributed by atoms with Crippen LogP contribution in [0.25, 0.3) is 4.85 Å². The molecule has 0 aromatic rings. The van der Waals surface area contributed by atoms with E-state index in [-0.39, 0.29) is 12.1 Å². The molecule has 0 aromatic carbocycles. The molecular formula is C7H9NO2. The maximum Gasteiger partial charge on any atom is 0.340 e. The molecule has 54 valence electrons. The number of hydrogen-bond acceptors (Lipinski definition) is 2. The van der Waals surface area contributed by atoms with Crippen molar-refractivity contribution < 1.29 is 9.53 Å². The maximum absolute atomic E-state index is 10.7. The Bertz CT molecular complexity index is 179. The maximum atomic E-state index is 10.7. The summed E-state index contributed by atoms with van der Waals surface area (Å²) in [5, 5.41) is 0. The second-order valence-corrected chi connectivity index (χ2v) is 1.64. The van der Waals surface area contributed by atoms with Gasteiger partial charge in [-0.15, -0.1) is 0 Å². The number of carbonyl (C=O) groups excluding carboxylic acids is 1. The highest BCUT2D eigenvalue weighted by atomic mass is 16.5. The highest BCUT2D eigenvalue weighted by Gasteiger charge is 2.08. The van der Waals surface area contributed by atoms with E-state index in [9.17, 15) is 4.79 Å². The SMILES string of the molecule is [C-]#[N+]CC(=C)C(=O)OCC. The first-order chi connectivity index (χ1) is 4.72. The van der Waals surface area contributed by atoms with E-state index < -0.39 is 5.97 Å². The third-order valence-electron chi connectivity index (χ3n) is 0.834. The van der Waals surface area contributed by atoms with E-state index in [0.717, 1.165) is 0 Å². The minimum Gasteiger partial charge on any atom is -0.462 e. The van der Waals surface area contributed by atoms with Crippen molar-refractivity contribution in [1.82, 2.24) is 0 Å². The molecule has 0 aliphatic carbocycles. The smallest absolute Gasteiger partial charge is 0.340 e. The van der Waals surface area contributed by atoms with Gasteiger partial charge in [0, 0.05) is 0 Å². The van der Waals surface area contributed by atoms with Crippen molar-refractivity contribution in [3.8, 4) is 0 Å². The van der Waals surface area contributed by atoms with Gasteiger partial charge < -0.3 is 9.58 Å². The van der Waals surface area contributed by atoms with E-state index >= 15 is 0 Å². The van der Waals surface area contributed by atoms with E-state index in [1.807, 2.05) is 0 Å². The third-order valence-corrected chi connectivity index (χ3v) is 0.834. The number of nitrogens with zero attached hydrogens (tertiary/aromatic N) is 1. The zero-order chi connectivity index (χ0) is 7.98. The van der Waals surface area contributed by atoms with Crippen molar-refractivity contribution in [2.24, 2.45) is 0 Å². The lowest BCUT2D eigenvalue weighted by Crippen LogP contribution is -2.07. The Kier molecular flexibility index (Phi) is 3.97. The fourth-order valence-corrected chi connectivity index (χ4v) is 0.393. The van der Waals surface area contributed by atoms with Gasteiger partial charge in [-0.3, -0.25) is 0 Å². The Morgan fingerprint density at radius 2 is 2.40 bits per heavy atom. The number of hydrogen-bond donors (Lipinski definition) is 0. The third kappa shape index (κ3) is 2.88. The fraction of sp³-hybridized carbons (Fsp3) is 0.429. The van der Waals surface area contributed by atoms with Crippen molar-refractivity contribution in [3.05, 3.63) is 23.6 Å². The minimum atomic E-state index is -0.474. The Labute approximate surface area is 60.1 Å². The van der Waals surface area contributed by atoms with Crippen LogP contribution in [-0.4, -0.2) is 19.1 Å². The van der Waals surface area contributed by atoms with Crippen LogP contribution in [0.1, 0.15) is 6.92 Å². The molecule has 0 heterocycles. The standard InChI is InChI=1S/C7H9NO2/c1-4-10-7(9)6(2)5-8-3/h2,4-5H2,1H3. The molecule has 0 aromatic heterocycles. The fourth-order valence-electron chi connectivity index (χ4n) is 0.393. The summed E-state index contributed by atoms with van der Waals surface area (Å²) in [5.41, 5.74) is 0.219. The predicted molar refractivity (Wildman–Crippen MR) is 37.2 cm³/mol. The Morgan fingerprint density at radius 3 is 2.80 bits per heavy atom. The van der Waals surface area contributed by atoms with Crippen LogP contribution in [-0.2, 0) is 9.53 Å². The van der Waals surface area contributed by atoms with Crippen LogP contribution < -0.4 is 0 Å². The van der Waals surface area contributed by atoms with Crippen molar-refractivity contribution in [3.63, 3.8) is 0 Å². The summed E-state index contributed by atoms with van der Waals surface area (Å²) in [6, 6.07) is 0. The molecule has 0 aliphatic rings. The van der Waals surface area contributed by atoms with E-state index in [0.29, 0.717) is 6.61 Å². The van der Waals surface area contributed by atoms with Crippen LogP contribution in [0.3, 0.4) is 0 Å². The van der Waals surface area contributed by atoms with Gasteiger partial charge in [-0.1, -0.05) is 6.58 Å². The molecule has 0 amide bonds. The average Bonchev–Trinajstić information content (AvgIpc) is 1.89. The summed E-state index contributed by atoms with van der Waals surface area (Å²) in [4.78, 5) is 13.7. The van der Waals surface area contributed by atoms with Crippen LogP contribution in [0.15, 0.2) is 12.2 Å². The van der Waals surface area contributed by atoms with Gasteiger partial charge in [0.15, 0.2) is 0 Å². The Hall–Kier alpha value is -1.30. The molecular weight excluding hydrogens is 130 g/mol. The zero-order valence-electron chi connectivity index (χ0n) is 5.89. The Balaban J connectivity index is 3.74. The number of esters is 1. The first-order valence-electron chi connectivity index (χ1n) is 2.90. The molecule has 0 atom stereocenters. The molecule has 0 saturated carbocycles. The monoisotopic (exact) mass is 139 g/mol. The summed E-state index contributed by atoms with van der Waals surface area (Å²) in [5.74, 6) is -0.474. The van der Waals surface area contributed by atoms with Crippen LogP contribution >= 0.6 is 0 Å². The summed E-state index contributed by atoms with van der Waals surface area (Å²) in [7, 11) is 0. The van der Waals surface area contributed by atoms with Gasteiger partial charge in [-0.2, -0.15) is 0 Å². The van der Waals surface area contributed by atoms with Crippen LogP contribution in [0, 0.1) is 6.57 Å². The van der Waals surface area contributed by atoms with Gasteiger partial charge >= 0.3 is 5.97 Å². The second kappa shape index (κ2) is 4.57. The summed E-state index contributed by atoms with van der Waals surface area (Å²) in [6.07, 6.45) is 0. The number of rotatable bonds is 3. The molecule has 0 saturated heterocycles. The topological polar surface area (TPSA) is 30.7 Å². The molecule has 10 heavy (non-hydrogen) atoms. The summed E-state index contributed by atoms with van der Waals surface area (Å²) < 4.78 is 4.57. The van der Waals surface area contributed by atoms with Gasteiger partial charge in [-0.05, 0) is 6.92 Å². The number of carbonyl (C=O) groups is 1. The van der Waals surface area contributed by atoms with Crippen LogP contribution in [0.5, 0.6) is 0 Å². The van der Waals surface area contributed by atoms with Gasteiger partial charge in [0.25, 0.3) is 0 Å². The molecule has 0 spiro atoms. The summed E-state index contributed by atoms with van der Waals surface area (Å²) >= 11 is 0. The molecule has 3 heteroatoms. The lowest BCUT2D eigenvalue weighted by Gasteiger charge is -1.97. The lowest BCUT2D eigenvalue weighted by molar-refractivity contribution is -0.138. The molecule has 0 unspecified atom stereocenters. The van der Waals surface area contributed by atoms with Crippen molar-refractivity contribution in [1.29, 1.82) is 0 Å². The van der Waals surface area contributed by atoms with Crippen molar-refractivity contribution >= 4 is 5.97 Å². The normalized spacial score (nSPS) is 8.00. The van der Waals surface area contributed by atoms with Gasteiger partial charge in [-0.25, -0.2) is 11.4 Å². The largest absolute Gasteiger partial charge is 0.462 e. The van der Waals surface area contributed by atoms with Gasteiger partial charge in [0.2, 0.25) is 6.54 Å². The summed E-state index contributed by atoms with van der Waals surface area (Å²) in [6.45, 7) is 11.9. The van der Waals surface area contributed by atoms with Crippen LogP contribution in [0.4, 0.5) is 0 Å². The molecule has 0 aliphatic heterocycles. The molecule has 0 bridgehead atoms. The first kappa shape index (κ1) is 8.70. The van der Waals surface area contributed by atoms with Crippen molar-refractivity contribution in [2.75, 3.05) is 13.2 Å².